The van der Waals surface area contributed by atoms with Crippen molar-refractivity contribution in [1.82, 2.24) is 0 Å². The van der Waals surface area contributed by atoms with E-state index in [0.29, 0.717) is 0 Å². The maximum absolute atomic E-state index is 0. The van der Waals surface area contributed by atoms with Crippen LogP contribution in [0, 0.1) is 0 Å². The molecule has 0 atom stereocenters. The van der Waals surface area contributed by atoms with Crippen LogP contribution < -0.4 is 0 Å². The molecule has 0 nitrogen and oxygen atoms in total. The molecule has 0 bridgehead atoms. The molecule has 0 heterocycles. The molecule has 14 valence electrons. The predicted molar refractivity (Wildman–Crippen MR) is 20.1 cm³/mol. The standard InChI is InChI=1S/Be.Mg.Se.Zn.2H/q+2;;-2;;;. The Morgan fingerprint density at radius 2 is 1.00 bits per heavy atom. The first-order chi connectivity index (χ1) is 0. The van der Waals surface area contributed by atoms with Crippen molar-refractivity contribution in [1.29, 1.82) is 0 Å². The molecule has 0 aromatic rings. The normalized spacial score (nSPS) is 0. The molecule has 4 heteroatoms. The van der Waals surface area contributed by atoms with Gasteiger partial charge < -0.3 is 17.1 Å². The third-order valence-electron chi connectivity index (χ3n) is 0. The van der Waals surface area contributed by atoms with Crippen LogP contribution in [0.2, 0.25) is 0 Å². The minimum Gasteiger partial charge on any atom is -2.00 e. The van der Waals surface area contributed by atoms with E-state index in [2.05, 4.69) is 0 Å². The Morgan fingerprint density at radius 3 is 1.00 bits per heavy atom. The minimum atomic E-state index is 0. The third-order valence-corrected chi connectivity index (χ3v) is 0. The van der Waals surface area contributed by atoms with Gasteiger partial charge in [0, 0.05) is 19.5 Å². The van der Waals surface area contributed by atoms with Crippen molar-refractivity contribution in [2.45, 2.75) is 0 Å². The van der Waals surface area contributed by atoms with Crippen LogP contribution in [0.4, 0.5) is 0 Å². The van der Waals surface area contributed by atoms with E-state index in [0.717, 1.165) is 0 Å². The van der Waals surface area contributed by atoms with E-state index >= 15 is 0 Å². The molecule has 0 rings (SSSR count). The summed E-state index contributed by atoms with van der Waals surface area (Å²) >= 11 is 0. The zero-order valence-corrected chi connectivity index (χ0v) is 6.50. The fraction of sp³-hybridized carbons (Fsp3) is 0. The van der Waals surface area contributed by atoms with Gasteiger partial charge in [0.15, 0.2) is 0 Å². The SMILES string of the molecule is [Be+2].[MgH2].[Se-2].[Zn]. The third kappa shape index (κ3) is 8.95. The zero-order chi connectivity index (χ0) is 0. The van der Waals surface area contributed by atoms with Gasteiger partial charge in [-0.1, -0.05) is 0 Å². The maximum Gasteiger partial charge on any atom is 2.00 e. The molecule has 0 aliphatic heterocycles. The van der Waals surface area contributed by atoms with E-state index in [9.17, 15) is 0 Å². The van der Waals surface area contributed by atoms with E-state index in [1.165, 1.54) is 0 Å². The van der Waals surface area contributed by atoms with Gasteiger partial charge in [0.1, 0.15) is 0 Å². The first kappa shape index (κ1) is 36.3. The van der Waals surface area contributed by atoms with Crippen molar-refractivity contribution < 1.29 is 19.5 Å². The van der Waals surface area contributed by atoms with E-state index in [1.54, 1.807) is 0 Å². The quantitative estimate of drug-likeness (QED) is 0.390. The summed E-state index contributed by atoms with van der Waals surface area (Å²) in [6.07, 6.45) is 0. The van der Waals surface area contributed by atoms with Crippen molar-refractivity contribution in [2.24, 2.45) is 0 Å². The van der Waals surface area contributed by atoms with Crippen LogP contribution in [0.1, 0.15) is 0 Å². The Morgan fingerprint density at radius 1 is 1.00 bits per heavy atom. The van der Waals surface area contributed by atoms with Gasteiger partial charge in [0.2, 0.25) is 0 Å². The van der Waals surface area contributed by atoms with Gasteiger partial charge in [-0.3, -0.25) is 0 Å². The largest absolute Gasteiger partial charge is 2.00 e. The fourth-order valence-corrected chi connectivity index (χ4v) is 0. The summed E-state index contributed by atoms with van der Waals surface area (Å²) < 4.78 is 0. The second kappa shape index (κ2) is 19.6. The molecule has 0 saturated heterocycles. The summed E-state index contributed by atoms with van der Waals surface area (Å²) in [7, 11) is 0. The molecule has 0 aliphatic rings. The molecular formula is H2BeMgSeZn. The molecule has 0 fully saturated rings. The molecular weight excluding hydrogens is 178 g/mol. The molecule has 0 amide bonds. The Balaban J connectivity index is 0. The summed E-state index contributed by atoms with van der Waals surface area (Å²) in [5, 5.41) is 0. The molecule has 0 aromatic carbocycles. The molecule has 4 heavy (non-hydrogen) atoms. The Hall–Kier alpha value is 2.08. The van der Waals surface area contributed by atoms with Gasteiger partial charge >= 0.3 is 33.2 Å². The van der Waals surface area contributed by atoms with Gasteiger partial charge in [-0.2, -0.15) is 0 Å². The molecule has 0 unspecified atom stereocenters. The van der Waals surface area contributed by atoms with Crippen molar-refractivity contribution in [3.05, 3.63) is 0 Å². The second-order valence-corrected chi connectivity index (χ2v) is 0. The van der Waals surface area contributed by atoms with Crippen molar-refractivity contribution in [3.63, 3.8) is 0 Å². The Bertz CT molecular complexity index is 8.00. The molecule has 0 radical (unpaired) electrons. The van der Waals surface area contributed by atoms with Gasteiger partial charge in [0.05, 0.1) is 0 Å². The number of hydrogen-bond donors (Lipinski definition) is 0. The summed E-state index contributed by atoms with van der Waals surface area (Å²) in [4.78, 5) is 0. The second-order valence-electron chi connectivity index (χ2n) is 0. The summed E-state index contributed by atoms with van der Waals surface area (Å²) in [5.74, 6) is 0. The molecule has 0 saturated carbocycles. The predicted octanol–water partition coefficient (Wildman–Crippen LogP) is -1.68. The first-order valence-corrected chi connectivity index (χ1v) is 0. The van der Waals surface area contributed by atoms with Gasteiger partial charge in [-0.25, -0.2) is 0 Å². The number of rotatable bonds is 0. The smallest absolute Gasteiger partial charge is 2.00 e. The Labute approximate surface area is 69.1 Å². The molecule has 0 aromatic heterocycles. The number of hydrogen-bond acceptors (Lipinski definition) is 0. The van der Waals surface area contributed by atoms with Gasteiger partial charge in [-0.15, -0.1) is 0 Å². The van der Waals surface area contributed by atoms with E-state index < -0.39 is 0 Å². The van der Waals surface area contributed by atoms with Crippen LogP contribution in [-0.2, 0) is 19.5 Å². The fourth-order valence-electron chi connectivity index (χ4n) is 0. The summed E-state index contributed by atoms with van der Waals surface area (Å²) in [5.41, 5.74) is 0. The van der Waals surface area contributed by atoms with E-state index in [1.807, 2.05) is 0 Å². The molecule has 0 aliphatic carbocycles. The van der Waals surface area contributed by atoms with Gasteiger partial charge in [-0.05, 0) is 0 Å². The summed E-state index contributed by atoms with van der Waals surface area (Å²) in [6.45, 7) is 0. The van der Waals surface area contributed by atoms with Crippen LogP contribution in [0.25, 0.3) is 0 Å². The Kier molecular flexibility index (Phi) is 177. The van der Waals surface area contributed by atoms with Gasteiger partial charge in [0.25, 0.3) is 0 Å². The van der Waals surface area contributed by atoms with Crippen LogP contribution in [-0.4, -0.2) is 50.2 Å². The maximum atomic E-state index is 0. The molecule has 0 N–H and O–H groups in total. The van der Waals surface area contributed by atoms with E-state index in [4.69, 9.17) is 0 Å². The van der Waals surface area contributed by atoms with Crippen molar-refractivity contribution in [2.75, 3.05) is 0 Å². The van der Waals surface area contributed by atoms with E-state index in [-0.39, 0.29) is 69.7 Å². The summed E-state index contributed by atoms with van der Waals surface area (Å²) in [6, 6.07) is 0. The van der Waals surface area contributed by atoms with Crippen LogP contribution in [0.15, 0.2) is 0 Å². The molecule has 0 spiro atoms. The van der Waals surface area contributed by atoms with Crippen LogP contribution in [0.3, 0.4) is 0 Å². The zero-order valence-electron chi connectivity index (χ0n) is 1.82. The average molecular weight is 180 g/mol. The van der Waals surface area contributed by atoms with Crippen LogP contribution >= 0.6 is 0 Å². The van der Waals surface area contributed by atoms with Crippen molar-refractivity contribution >= 4 is 50.2 Å². The monoisotopic (exact) mass is 179 g/mol. The topological polar surface area (TPSA) is 0 Å². The van der Waals surface area contributed by atoms with Crippen LogP contribution in [0.5, 0.6) is 0 Å². The van der Waals surface area contributed by atoms with Crippen molar-refractivity contribution in [3.8, 4) is 0 Å². The first-order valence-electron chi connectivity index (χ1n) is 0. The average Bonchev–Trinajstić information content (AvgIpc) is 0. The minimum absolute atomic E-state index is 0.